The number of anilines is 2. The number of cyclic esters (lactones) is 1. The van der Waals surface area contributed by atoms with Crippen LogP contribution >= 0.6 is 0 Å². The number of hydrogen-bond acceptors (Lipinski definition) is 8. The number of carbonyl (C=O) groups excluding carboxylic acids is 3. The number of hydrogen-bond donors (Lipinski definition) is 1. The van der Waals surface area contributed by atoms with E-state index in [0.29, 0.717) is 37.3 Å². The Balaban J connectivity index is 1.39. The normalized spacial score (nSPS) is 18.1. The molecule has 0 bridgehead atoms. The van der Waals surface area contributed by atoms with Crippen LogP contribution in [0.1, 0.15) is 23.0 Å². The Bertz CT molecular complexity index is 1050. The minimum Gasteiger partial charge on any atom is -0.461 e. The van der Waals surface area contributed by atoms with Gasteiger partial charge in [0.15, 0.2) is 12.0 Å². The lowest BCUT2D eigenvalue weighted by Crippen LogP contribution is -2.38. The smallest absolute Gasteiger partial charge is 0.414 e. The van der Waals surface area contributed by atoms with Crippen LogP contribution in [0.25, 0.3) is 0 Å². The van der Waals surface area contributed by atoms with Gasteiger partial charge in [0.2, 0.25) is 5.91 Å². The van der Waals surface area contributed by atoms with Crippen molar-refractivity contribution in [3.63, 3.8) is 0 Å². The largest absolute Gasteiger partial charge is 0.461 e. The molecule has 0 saturated carbocycles. The molecule has 2 aromatic rings. The van der Waals surface area contributed by atoms with E-state index in [-0.39, 0.29) is 24.8 Å². The van der Waals surface area contributed by atoms with E-state index in [1.54, 1.807) is 28.1 Å². The van der Waals surface area contributed by atoms with Gasteiger partial charge in [0.05, 0.1) is 43.8 Å². The van der Waals surface area contributed by atoms with Crippen LogP contribution in [0.4, 0.5) is 20.6 Å². The first-order valence-corrected chi connectivity index (χ1v) is 10.0. The predicted octanol–water partition coefficient (Wildman–Crippen LogP) is 1.96. The van der Waals surface area contributed by atoms with Crippen molar-refractivity contribution in [3.8, 4) is 0 Å². The van der Waals surface area contributed by atoms with Gasteiger partial charge in [-0.3, -0.25) is 19.5 Å². The standard InChI is InChI=1S/C21H22FN5O5/c1-14(29)23-8-18-10-27(21(30)32-18)16-2-3-20(19(22)7-16)25-4-5-26(24-13-25)9-15-6-17(11-28)31-12-15/h2-3,6-7,11-13,18H,4-5,8-10H2,1H3,(H,23,29)/t18-/m0/s1. The van der Waals surface area contributed by atoms with E-state index in [1.165, 1.54) is 30.5 Å². The van der Waals surface area contributed by atoms with Crippen LogP contribution in [0.2, 0.25) is 0 Å². The number of halogens is 1. The molecule has 2 aliphatic rings. The molecule has 1 atom stereocenters. The number of ether oxygens (including phenoxy) is 1. The SMILES string of the molecule is CC(=O)NC[C@H]1CN(c2ccc(N3C=NN(Cc4coc(C=O)c4)CC3)c(F)c2)C(=O)O1. The van der Waals surface area contributed by atoms with Crippen LogP contribution in [0.15, 0.2) is 40.0 Å². The zero-order valence-electron chi connectivity index (χ0n) is 17.4. The topological polar surface area (TPSA) is 108 Å². The van der Waals surface area contributed by atoms with Gasteiger partial charge in [0, 0.05) is 19.0 Å². The van der Waals surface area contributed by atoms with Gasteiger partial charge in [-0.15, -0.1) is 0 Å². The molecular formula is C21H22FN5O5. The number of benzene rings is 1. The van der Waals surface area contributed by atoms with Crippen molar-refractivity contribution >= 4 is 36.0 Å². The molecule has 3 heterocycles. The highest BCUT2D eigenvalue weighted by Crippen LogP contribution is 2.28. The van der Waals surface area contributed by atoms with E-state index in [1.807, 2.05) is 0 Å². The van der Waals surface area contributed by atoms with Gasteiger partial charge in [-0.1, -0.05) is 0 Å². The summed E-state index contributed by atoms with van der Waals surface area (Å²) >= 11 is 0. The third kappa shape index (κ3) is 4.71. The fraction of sp³-hybridized carbons (Fsp3) is 0.333. The minimum atomic E-state index is -0.584. The predicted molar refractivity (Wildman–Crippen MR) is 113 cm³/mol. The number of nitrogens with one attached hydrogen (secondary N) is 1. The molecule has 1 aromatic carbocycles. The second-order valence-corrected chi connectivity index (χ2v) is 7.48. The summed E-state index contributed by atoms with van der Waals surface area (Å²) in [5.41, 5.74) is 1.54. The number of carbonyl (C=O) groups is 3. The Labute approximate surface area is 183 Å². The number of aldehydes is 1. The highest BCUT2D eigenvalue weighted by atomic mass is 19.1. The Hall–Kier alpha value is -3.89. The minimum absolute atomic E-state index is 0.203. The molecule has 4 rings (SSSR count). The van der Waals surface area contributed by atoms with Gasteiger partial charge in [-0.2, -0.15) is 5.10 Å². The Morgan fingerprint density at radius 3 is 2.84 bits per heavy atom. The average Bonchev–Trinajstić information content (AvgIpc) is 3.39. The Morgan fingerprint density at radius 1 is 1.34 bits per heavy atom. The number of hydrazone groups is 1. The summed E-state index contributed by atoms with van der Waals surface area (Å²) in [4.78, 5) is 36.9. The molecule has 32 heavy (non-hydrogen) atoms. The van der Waals surface area contributed by atoms with Crippen molar-refractivity contribution in [2.45, 2.75) is 19.6 Å². The summed E-state index contributed by atoms with van der Waals surface area (Å²) in [6.45, 7) is 3.32. The summed E-state index contributed by atoms with van der Waals surface area (Å²) in [5.74, 6) is -0.453. The quantitative estimate of drug-likeness (QED) is 0.652. The lowest BCUT2D eigenvalue weighted by molar-refractivity contribution is -0.119. The maximum absolute atomic E-state index is 14.9. The van der Waals surface area contributed by atoms with Crippen molar-refractivity contribution in [3.05, 3.63) is 47.7 Å². The first-order chi connectivity index (χ1) is 15.4. The average molecular weight is 443 g/mol. The molecule has 10 nitrogen and oxygen atoms in total. The molecule has 1 N–H and O–H groups in total. The van der Waals surface area contributed by atoms with Gasteiger partial charge >= 0.3 is 6.09 Å². The van der Waals surface area contributed by atoms with Crippen molar-refractivity contribution in [1.29, 1.82) is 0 Å². The van der Waals surface area contributed by atoms with E-state index in [9.17, 15) is 18.8 Å². The maximum atomic E-state index is 14.9. The second-order valence-electron chi connectivity index (χ2n) is 7.48. The van der Waals surface area contributed by atoms with Crippen LogP contribution in [-0.4, -0.2) is 61.9 Å². The van der Waals surface area contributed by atoms with E-state index in [0.717, 1.165) is 5.56 Å². The fourth-order valence-corrected chi connectivity index (χ4v) is 3.52. The van der Waals surface area contributed by atoms with Crippen molar-refractivity contribution in [2.75, 3.05) is 36.0 Å². The maximum Gasteiger partial charge on any atom is 0.414 e. The third-order valence-corrected chi connectivity index (χ3v) is 5.11. The van der Waals surface area contributed by atoms with E-state index in [4.69, 9.17) is 9.15 Å². The molecule has 0 spiro atoms. The van der Waals surface area contributed by atoms with Gasteiger partial charge < -0.3 is 19.4 Å². The lowest BCUT2D eigenvalue weighted by atomic mass is 10.2. The molecule has 1 fully saturated rings. The summed E-state index contributed by atoms with van der Waals surface area (Å²) in [5, 5.41) is 8.73. The van der Waals surface area contributed by atoms with Crippen LogP contribution in [0, 0.1) is 5.82 Å². The molecule has 2 amide bonds. The molecule has 11 heteroatoms. The lowest BCUT2D eigenvalue weighted by Gasteiger charge is -2.30. The summed E-state index contributed by atoms with van der Waals surface area (Å²) in [6.07, 6.45) is 2.61. The summed E-state index contributed by atoms with van der Waals surface area (Å²) in [6, 6.07) is 6.17. The van der Waals surface area contributed by atoms with E-state index in [2.05, 4.69) is 10.4 Å². The number of amides is 2. The first-order valence-electron chi connectivity index (χ1n) is 10.0. The molecular weight excluding hydrogens is 421 g/mol. The highest BCUT2D eigenvalue weighted by Gasteiger charge is 2.33. The van der Waals surface area contributed by atoms with Gasteiger partial charge in [-0.25, -0.2) is 9.18 Å². The van der Waals surface area contributed by atoms with Crippen LogP contribution in [0.5, 0.6) is 0 Å². The third-order valence-electron chi connectivity index (χ3n) is 5.11. The fourth-order valence-electron chi connectivity index (χ4n) is 3.52. The zero-order valence-corrected chi connectivity index (χ0v) is 17.4. The highest BCUT2D eigenvalue weighted by molar-refractivity contribution is 5.90. The Kier molecular flexibility index (Phi) is 6.06. The van der Waals surface area contributed by atoms with Crippen molar-refractivity contribution in [2.24, 2.45) is 5.10 Å². The molecule has 0 unspecified atom stereocenters. The second kappa shape index (κ2) is 9.08. The molecule has 2 aliphatic heterocycles. The van der Waals surface area contributed by atoms with Crippen molar-refractivity contribution in [1.82, 2.24) is 10.3 Å². The molecule has 0 radical (unpaired) electrons. The van der Waals surface area contributed by atoms with Gasteiger partial charge in [0.25, 0.3) is 0 Å². The number of furan rings is 1. The molecule has 1 saturated heterocycles. The van der Waals surface area contributed by atoms with E-state index < -0.39 is 18.0 Å². The number of rotatable bonds is 7. The summed E-state index contributed by atoms with van der Waals surface area (Å²) in [7, 11) is 0. The van der Waals surface area contributed by atoms with E-state index >= 15 is 0 Å². The van der Waals surface area contributed by atoms with Crippen LogP contribution < -0.4 is 15.1 Å². The molecule has 1 aromatic heterocycles. The molecule has 0 aliphatic carbocycles. The zero-order chi connectivity index (χ0) is 22.7. The first kappa shape index (κ1) is 21.3. The molecule has 168 valence electrons. The number of nitrogens with zero attached hydrogens (tertiary/aromatic N) is 4. The van der Waals surface area contributed by atoms with Gasteiger partial charge in [-0.05, 0) is 24.3 Å². The summed E-state index contributed by atoms with van der Waals surface area (Å²) < 4.78 is 25.2. The van der Waals surface area contributed by atoms with Crippen molar-refractivity contribution < 1.29 is 27.9 Å². The van der Waals surface area contributed by atoms with Gasteiger partial charge in [0.1, 0.15) is 18.3 Å². The monoisotopic (exact) mass is 443 g/mol. The van der Waals surface area contributed by atoms with Crippen LogP contribution in [-0.2, 0) is 16.1 Å². The van der Waals surface area contributed by atoms with Crippen LogP contribution in [0.3, 0.4) is 0 Å². The Morgan fingerprint density at radius 2 is 2.19 bits per heavy atom.